The van der Waals surface area contributed by atoms with Crippen LogP contribution in [0.15, 0.2) is 83.0 Å². The lowest BCUT2D eigenvalue weighted by Gasteiger charge is -2.49. The second kappa shape index (κ2) is 10.0. The Morgan fingerprint density at radius 3 is 0.771 bits per heavy atom. The van der Waals surface area contributed by atoms with Crippen molar-refractivity contribution in [3.05, 3.63) is 127 Å². The Labute approximate surface area is 277 Å². The summed E-state index contributed by atoms with van der Waals surface area (Å²) in [5.74, 6) is 1.28. The van der Waals surface area contributed by atoms with E-state index in [4.69, 9.17) is 28.4 Å². The van der Waals surface area contributed by atoms with E-state index >= 15 is 9.59 Å². The van der Waals surface area contributed by atoms with Crippen molar-refractivity contribution in [3.63, 3.8) is 0 Å². The van der Waals surface area contributed by atoms with Crippen LogP contribution in [0.1, 0.15) is 68.2 Å². The molecule has 0 spiro atoms. The third kappa shape index (κ3) is 3.34. The van der Waals surface area contributed by atoms with Crippen LogP contribution in [0.25, 0.3) is 0 Å². The first-order valence-electron chi connectivity index (χ1n) is 15.8. The summed E-state index contributed by atoms with van der Waals surface area (Å²) in [5, 5.41) is 0. The minimum atomic E-state index is -0.527. The van der Waals surface area contributed by atoms with Crippen molar-refractivity contribution >= 4 is 11.6 Å². The third-order valence-electron chi connectivity index (χ3n) is 11.0. The molecule has 0 aliphatic heterocycles. The van der Waals surface area contributed by atoms with Crippen molar-refractivity contribution in [2.45, 2.75) is 23.7 Å². The Balaban J connectivity index is 1.32. The second-order valence-corrected chi connectivity index (χ2v) is 12.7. The summed E-state index contributed by atoms with van der Waals surface area (Å²) < 4.78 is 34.4. The number of carbonyl (C=O) groups is 2. The van der Waals surface area contributed by atoms with Gasteiger partial charge in [-0.25, -0.2) is 0 Å². The molecule has 4 bridgehead atoms. The van der Waals surface area contributed by atoms with Crippen molar-refractivity contribution in [1.82, 2.24) is 0 Å². The Morgan fingerprint density at radius 1 is 0.354 bits per heavy atom. The molecule has 7 aliphatic rings. The number of carbonyl (C=O) groups excluding carboxylic acids is 2. The van der Waals surface area contributed by atoms with Gasteiger partial charge in [0.2, 0.25) is 0 Å². The third-order valence-corrected chi connectivity index (χ3v) is 11.0. The molecule has 240 valence electrons. The molecule has 0 radical (unpaired) electrons. The highest BCUT2D eigenvalue weighted by atomic mass is 16.5. The van der Waals surface area contributed by atoms with E-state index < -0.39 is 23.7 Å². The van der Waals surface area contributed by atoms with Gasteiger partial charge in [-0.1, -0.05) is 24.3 Å². The van der Waals surface area contributed by atoms with E-state index in [1.54, 1.807) is 42.7 Å². The van der Waals surface area contributed by atoms with Crippen LogP contribution >= 0.6 is 0 Å². The molecule has 11 rings (SSSR count). The van der Waals surface area contributed by atoms with Crippen LogP contribution in [0.3, 0.4) is 0 Å². The lowest BCUT2D eigenvalue weighted by atomic mass is 9.51. The predicted molar refractivity (Wildman–Crippen MR) is 177 cm³/mol. The standard InChI is InChI=1S/C40H32O8/c1-43-25-11-19-20(12-26(25)44-2)32-18-10-8-7-9-17(18)31(19)35-36(32)40(42)38-34-23-15-29(47-5)27(45-3)13-21(23)33(37(38)39(35)41)22-14-28(46-4)30(48-6)16-24(22)34/h7-16,31-34H,1-6H3. The fraction of sp³-hybridized carbons (Fsp3) is 0.250. The SMILES string of the molecule is COc1cc2c(cc1OC)C1C3=C(C(=O)C4=C(C3=O)C3c5cc(OC)c(OC)cc5C4c4cc(OC)c(OC)cc43)C2c2ccccc21. The Morgan fingerprint density at radius 2 is 0.562 bits per heavy atom. The monoisotopic (exact) mass is 640 g/mol. The highest BCUT2D eigenvalue weighted by molar-refractivity contribution is 6.30. The summed E-state index contributed by atoms with van der Waals surface area (Å²) in [7, 11) is 9.61. The molecule has 8 nitrogen and oxygen atoms in total. The number of benzene rings is 4. The molecule has 2 atom stereocenters. The molecule has 0 saturated carbocycles. The van der Waals surface area contributed by atoms with Crippen molar-refractivity contribution < 1.29 is 38.0 Å². The van der Waals surface area contributed by atoms with Gasteiger partial charge < -0.3 is 28.4 Å². The highest BCUT2D eigenvalue weighted by Crippen LogP contribution is 2.65. The van der Waals surface area contributed by atoms with E-state index in [1.807, 2.05) is 48.5 Å². The Hall–Kier alpha value is -5.50. The van der Waals surface area contributed by atoms with Crippen LogP contribution < -0.4 is 28.4 Å². The number of Topliss-reactive ketones (excluding diaryl/α,β-unsaturated/α-hetero) is 2. The fourth-order valence-corrected chi connectivity index (χ4v) is 9.11. The summed E-state index contributed by atoms with van der Waals surface area (Å²) in [5.41, 5.74) is 9.78. The van der Waals surface area contributed by atoms with Gasteiger partial charge in [-0.2, -0.15) is 0 Å². The van der Waals surface area contributed by atoms with Gasteiger partial charge in [0.25, 0.3) is 0 Å². The van der Waals surface area contributed by atoms with E-state index in [-0.39, 0.29) is 11.6 Å². The van der Waals surface area contributed by atoms with Crippen LogP contribution in [-0.4, -0.2) is 54.2 Å². The first-order chi connectivity index (χ1) is 23.4. The first-order valence-corrected chi connectivity index (χ1v) is 15.8. The molecule has 0 amide bonds. The predicted octanol–water partition coefficient (Wildman–Crippen LogP) is 6.37. The minimum absolute atomic E-state index is 0.0968. The van der Waals surface area contributed by atoms with E-state index in [9.17, 15) is 0 Å². The van der Waals surface area contributed by atoms with Crippen LogP contribution in [0.2, 0.25) is 0 Å². The topological polar surface area (TPSA) is 89.5 Å². The van der Waals surface area contributed by atoms with Gasteiger partial charge in [-0.15, -0.1) is 0 Å². The van der Waals surface area contributed by atoms with Crippen LogP contribution in [0.4, 0.5) is 0 Å². The van der Waals surface area contributed by atoms with Crippen molar-refractivity contribution in [1.29, 1.82) is 0 Å². The summed E-state index contributed by atoms with van der Waals surface area (Å²) in [6.07, 6.45) is 0. The lowest BCUT2D eigenvalue weighted by molar-refractivity contribution is -0.117. The fourth-order valence-electron chi connectivity index (χ4n) is 9.11. The maximum absolute atomic E-state index is 15.4. The molecule has 4 aromatic carbocycles. The molecule has 0 fully saturated rings. The Kier molecular flexibility index (Phi) is 5.98. The quantitative estimate of drug-likeness (QED) is 0.225. The molecule has 0 saturated heterocycles. The molecule has 2 unspecified atom stereocenters. The summed E-state index contributed by atoms with van der Waals surface area (Å²) in [4.78, 5) is 30.7. The van der Waals surface area contributed by atoms with Gasteiger partial charge in [0.05, 0.1) is 42.7 Å². The normalized spacial score (nSPS) is 21.9. The zero-order valence-corrected chi connectivity index (χ0v) is 27.3. The van der Waals surface area contributed by atoms with E-state index in [2.05, 4.69) is 12.1 Å². The molecule has 4 aromatic rings. The van der Waals surface area contributed by atoms with Crippen molar-refractivity contribution in [2.24, 2.45) is 0 Å². The molecular formula is C40H32O8. The largest absolute Gasteiger partial charge is 0.493 e. The molecule has 0 aromatic heterocycles. The summed E-state index contributed by atoms with van der Waals surface area (Å²) >= 11 is 0. The number of methoxy groups -OCH3 is 6. The molecule has 8 heteroatoms. The lowest BCUT2D eigenvalue weighted by Crippen LogP contribution is -2.43. The maximum Gasteiger partial charge on any atom is 0.187 e. The van der Waals surface area contributed by atoms with E-state index in [0.29, 0.717) is 56.8 Å². The average Bonchev–Trinajstić information content (AvgIpc) is 3.14. The van der Waals surface area contributed by atoms with Crippen LogP contribution in [-0.2, 0) is 9.59 Å². The van der Waals surface area contributed by atoms with Gasteiger partial charge in [0.1, 0.15) is 0 Å². The first kappa shape index (κ1) is 28.7. The second-order valence-electron chi connectivity index (χ2n) is 12.7. The number of ketones is 2. The van der Waals surface area contributed by atoms with Crippen LogP contribution in [0, 0.1) is 0 Å². The smallest absolute Gasteiger partial charge is 0.187 e. The molecule has 0 heterocycles. The number of ether oxygens (including phenoxy) is 6. The molecule has 0 N–H and O–H groups in total. The zero-order valence-electron chi connectivity index (χ0n) is 27.3. The van der Waals surface area contributed by atoms with E-state index in [0.717, 1.165) is 44.5 Å². The van der Waals surface area contributed by atoms with Gasteiger partial charge >= 0.3 is 0 Å². The van der Waals surface area contributed by atoms with E-state index in [1.165, 1.54) is 0 Å². The minimum Gasteiger partial charge on any atom is -0.493 e. The van der Waals surface area contributed by atoms with Gasteiger partial charge in [0, 0.05) is 46.0 Å². The van der Waals surface area contributed by atoms with Gasteiger partial charge in [-0.3, -0.25) is 9.59 Å². The van der Waals surface area contributed by atoms with Gasteiger partial charge in [0.15, 0.2) is 46.1 Å². The summed E-state index contributed by atoms with van der Waals surface area (Å²) in [6.45, 7) is 0. The Bertz CT molecular complexity index is 2010. The van der Waals surface area contributed by atoms with Crippen molar-refractivity contribution in [3.8, 4) is 34.5 Å². The summed E-state index contributed by atoms with van der Waals surface area (Å²) in [6, 6.07) is 19.9. The molecule has 7 aliphatic carbocycles. The maximum atomic E-state index is 15.4. The van der Waals surface area contributed by atoms with Gasteiger partial charge in [-0.05, 0) is 80.9 Å². The number of hydrogen-bond acceptors (Lipinski definition) is 8. The average molecular weight is 641 g/mol. The number of allylic oxidation sites excluding steroid dienone is 4. The number of hydrogen-bond donors (Lipinski definition) is 0. The molecular weight excluding hydrogens is 608 g/mol. The van der Waals surface area contributed by atoms with Crippen LogP contribution in [0.5, 0.6) is 34.5 Å². The number of rotatable bonds is 6. The zero-order chi connectivity index (χ0) is 33.2. The highest BCUT2D eigenvalue weighted by Gasteiger charge is 2.57. The van der Waals surface area contributed by atoms with Crippen molar-refractivity contribution in [2.75, 3.05) is 42.7 Å². The molecule has 48 heavy (non-hydrogen) atoms.